The lowest BCUT2D eigenvalue weighted by atomic mass is 9.98. The number of rotatable bonds is 17. The molecule has 11 nitrogen and oxygen atoms in total. The van der Waals surface area contributed by atoms with Crippen LogP contribution in [0.3, 0.4) is 0 Å². The topological polar surface area (TPSA) is 197 Å². The fourth-order valence-corrected chi connectivity index (χ4v) is 4.21. The van der Waals surface area contributed by atoms with Crippen molar-refractivity contribution in [2.45, 2.75) is 76.5 Å². The summed E-state index contributed by atoms with van der Waals surface area (Å²) in [6.45, 7) is 4.16. The number of unbranched alkanes of at least 4 members (excludes halogenated alkanes) is 1. The second-order valence-corrected chi connectivity index (χ2v) is 10.3. The van der Waals surface area contributed by atoms with Crippen molar-refractivity contribution in [1.82, 2.24) is 16.0 Å². The van der Waals surface area contributed by atoms with Crippen molar-refractivity contribution in [1.29, 1.82) is 0 Å². The Kier molecular flexibility index (Phi) is 13.8. The van der Waals surface area contributed by atoms with Crippen molar-refractivity contribution in [3.63, 3.8) is 0 Å². The number of carboxylic acids is 1. The highest BCUT2D eigenvalue weighted by molar-refractivity contribution is 5.94. The molecule has 2 rings (SSSR count). The van der Waals surface area contributed by atoms with Crippen molar-refractivity contribution in [2.24, 2.45) is 17.4 Å². The zero-order valence-electron chi connectivity index (χ0n) is 23.7. The lowest BCUT2D eigenvalue weighted by Gasteiger charge is -2.26. The Labute approximate surface area is 241 Å². The zero-order valence-corrected chi connectivity index (χ0v) is 23.7. The van der Waals surface area contributed by atoms with E-state index >= 15 is 0 Å². The fraction of sp³-hybridized carbons (Fsp3) is 0.467. The maximum absolute atomic E-state index is 13.5. The largest absolute Gasteiger partial charge is 0.508 e. The first kappa shape index (κ1) is 33.2. The molecule has 5 unspecified atom stereocenters. The van der Waals surface area contributed by atoms with E-state index in [1.165, 1.54) is 12.1 Å². The molecular formula is C30H43N5O6. The van der Waals surface area contributed by atoms with Crippen LogP contribution in [0.1, 0.15) is 50.7 Å². The predicted octanol–water partition coefficient (Wildman–Crippen LogP) is 1.22. The molecule has 0 saturated carbocycles. The van der Waals surface area contributed by atoms with Gasteiger partial charge in [0.2, 0.25) is 17.7 Å². The van der Waals surface area contributed by atoms with Gasteiger partial charge in [0.15, 0.2) is 0 Å². The number of phenolic OH excluding ortho intramolecular Hbond substituents is 1. The van der Waals surface area contributed by atoms with E-state index in [0.717, 1.165) is 5.56 Å². The molecule has 0 aromatic heterocycles. The van der Waals surface area contributed by atoms with Crippen LogP contribution in [0.2, 0.25) is 0 Å². The molecule has 11 heteroatoms. The van der Waals surface area contributed by atoms with Crippen molar-refractivity contribution in [3.05, 3.63) is 65.7 Å². The third kappa shape index (κ3) is 11.2. The fourth-order valence-electron chi connectivity index (χ4n) is 4.21. The molecule has 0 bridgehead atoms. The molecule has 0 aliphatic carbocycles. The zero-order chi connectivity index (χ0) is 30.4. The summed E-state index contributed by atoms with van der Waals surface area (Å²) >= 11 is 0. The van der Waals surface area contributed by atoms with Gasteiger partial charge in [-0.15, -0.1) is 0 Å². The van der Waals surface area contributed by atoms with Crippen molar-refractivity contribution in [3.8, 4) is 5.75 Å². The maximum Gasteiger partial charge on any atom is 0.326 e. The summed E-state index contributed by atoms with van der Waals surface area (Å²) in [6, 6.07) is 11.0. The highest BCUT2D eigenvalue weighted by Gasteiger charge is 2.31. The van der Waals surface area contributed by atoms with Crippen LogP contribution < -0.4 is 27.4 Å². The minimum absolute atomic E-state index is 0.0228. The Morgan fingerprint density at radius 1 is 0.780 bits per heavy atom. The summed E-state index contributed by atoms with van der Waals surface area (Å²) in [5.41, 5.74) is 13.1. The normalized spacial score (nSPS) is 14.6. The van der Waals surface area contributed by atoms with Gasteiger partial charge in [0.05, 0.1) is 6.04 Å². The van der Waals surface area contributed by atoms with E-state index in [1.54, 1.807) is 12.1 Å². The lowest BCUT2D eigenvalue weighted by molar-refractivity contribution is -0.142. The molecule has 0 saturated heterocycles. The molecule has 9 N–H and O–H groups in total. The number of hydrogen-bond donors (Lipinski definition) is 7. The number of aromatic hydroxyl groups is 1. The van der Waals surface area contributed by atoms with Gasteiger partial charge in [-0.05, 0) is 55.0 Å². The monoisotopic (exact) mass is 569 g/mol. The predicted molar refractivity (Wildman–Crippen MR) is 156 cm³/mol. The van der Waals surface area contributed by atoms with Crippen LogP contribution in [0, 0.1) is 5.92 Å². The molecule has 0 radical (unpaired) electrons. The van der Waals surface area contributed by atoms with Crippen LogP contribution >= 0.6 is 0 Å². The van der Waals surface area contributed by atoms with E-state index in [9.17, 15) is 29.4 Å². The molecule has 0 fully saturated rings. The second kappa shape index (κ2) is 17.0. The molecule has 0 spiro atoms. The van der Waals surface area contributed by atoms with Gasteiger partial charge in [-0.2, -0.15) is 0 Å². The summed E-state index contributed by atoms with van der Waals surface area (Å²) in [7, 11) is 0. The molecule has 2 aromatic rings. The number of carbonyl (C=O) groups is 4. The van der Waals surface area contributed by atoms with Crippen LogP contribution in [-0.4, -0.2) is 64.6 Å². The standard InChI is InChI=1S/C30H43N5O6/c1-3-19(2)26(32)29(39)34-24(17-20-9-5-4-6-10-20)28(38)33-23(11-7-8-16-31)27(37)35-25(30(40)41)18-21-12-14-22(36)15-13-21/h4-6,9-10,12-15,19,23-26,36H,3,7-8,11,16-18,31-32H2,1-2H3,(H,33,38)(H,34,39)(H,35,37)(H,40,41). The van der Waals surface area contributed by atoms with Gasteiger partial charge in [0.25, 0.3) is 0 Å². The number of carboxylic acid groups (broad SMARTS) is 1. The lowest BCUT2D eigenvalue weighted by Crippen LogP contribution is -2.58. The van der Waals surface area contributed by atoms with E-state index in [0.29, 0.717) is 31.4 Å². The van der Waals surface area contributed by atoms with Gasteiger partial charge in [0, 0.05) is 12.8 Å². The number of aliphatic carboxylic acids is 1. The van der Waals surface area contributed by atoms with Crippen molar-refractivity contribution >= 4 is 23.7 Å². The van der Waals surface area contributed by atoms with Crippen molar-refractivity contribution < 1.29 is 29.4 Å². The van der Waals surface area contributed by atoms with E-state index in [2.05, 4.69) is 16.0 Å². The van der Waals surface area contributed by atoms with E-state index < -0.39 is 47.9 Å². The Bertz CT molecular complexity index is 1130. The van der Waals surface area contributed by atoms with E-state index in [4.69, 9.17) is 11.5 Å². The minimum Gasteiger partial charge on any atom is -0.508 e. The Morgan fingerprint density at radius 2 is 1.32 bits per heavy atom. The number of phenols is 1. The average Bonchev–Trinajstić information content (AvgIpc) is 2.96. The molecule has 224 valence electrons. The smallest absolute Gasteiger partial charge is 0.326 e. The molecule has 0 aliphatic heterocycles. The van der Waals surface area contributed by atoms with E-state index in [-0.39, 0.29) is 30.9 Å². The highest BCUT2D eigenvalue weighted by atomic mass is 16.4. The summed E-state index contributed by atoms with van der Waals surface area (Å²) < 4.78 is 0. The number of nitrogens with two attached hydrogens (primary N) is 2. The molecule has 3 amide bonds. The Morgan fingerprint density at radius 3 is 1.90 bits per heavy atom. The molecule has 41 heavy (non-hydrogen) atoms. The molecule has 0 aliphatic rings. The molecule has 2 aromatic carbocycles. The van der Waals surface area contributed by atoms with Crippen LogP contribution in [0.5, 0.6) is 5.75 Å². The van der Waals surface area contributed by atoms with Crippen molar-refractivity contribution in [2.75, 3.05) is 6.54 Å². The SMILES string of the molecule is CCC(C)C(N)C(=O)NC(Cc1ccccc1)C(=O)NC(CCCCN)C(=O)NC(Cc1ccc(O)cc1)C(=O)O. The number of hydrogen-bond acceptors (Lipinski definition) is 7. The Balaban J connectivity index is 2.23. The minimum atomic E-state index is -1.27. The van der Waals surface area contributed by atoms with Gasteiger partial charge in [-0.1, -0.05) is 62.7 Å². The third-order valence-corrected chi connectivity index (χ3v) is 7.05. The summed E-state index contributed by atoms with van der Waals surface area (Å²) in [6.07, 6.45) is 2.16. The number of carbonyl (C=O) groups excluding carboxylic acids is 3. The number of amides is 3. The molecule has 0 heterocycles. The van der Waals surface area contributed by atoms with Crippen LogP contribution in [0.15, 0.2) is 54.6 Å². The summed E-state index contributed by atoms with van der Waals surface area (Å²) in [5, 5.41) is 27.3. The highest BCUT2D eigenvalue weighted by Crippen LogP contribution is 2.13. The van der Waals surface area contributed by atoms with Gasteiger partial charge < -0.3 is 37.6 Å². The summed E-state index contributed by atoms with van der Waals surface area (Å²) in [4.78, 5) is 51.7. The van der Waals surface area contributed by atoms with Gasteiger partial charge in [0.1, 0.15) is 23.9 Å². The molecular weight excluding hydrogens is 526 g/mol. The average molecular weight is 570 g/mol. The summed E-state index contributed by atoms with van der Waals surface area (Å²) in [5.74, 6) is -3.04. The quantitative estimate of drug-likeness (QED) is 0.138. The van der Waals surface area contributed by atoms with Crippen LogP contribution in [0.25, 0.3) is 0 Å². The maximum atomic E-state index is 13.5. The first-order valence-corrected chi connectivity index (χ1v) is 14.0. The van der Waals surface area contributed by atoms with Gasteiger partial charge in [-0.3, -0.25) is 14.4 Å². The van der Waals surface area contributed by atoms with Crippen LogP contribution in [0.4, 0.5) is 0 Å². The first-order valence-electron chi connectivity index (χ1n) is 14.0. The second-order valence-electron chi connectivity index (χ2n) is 10.3. The Hall–Kier alpha value is -3.96. The van der Waals surface area contributed by atoms with E-state index in [1.807, 2.05) is 44.2 Å². The first-order chi connectivity index (χ1) is 19.5. The van der Waals surface area contributed by atoms with Gasteiger partial charge in [-0.25, -0.2) is 4.79 Å². The number of nitrogens with one attached hydrogen (secondary N) is 3. The van der Waals surface area contributed by atoms with Crippen LogP contribution in [-0.2, 0) is 32.0 Å². The molecule has 5 atom stereocenters. The van der Waals surface area contributed by atoms with Gasteiger partial charge >= 0.3 is 5.97 Å². The third-order valence-electron chi connectivity index (χ3n) is 7.05. The number of benzene rings is 2.